The molecule has 0 fully saturated rings. The number of rotatable bonds is 3. The van der Waals surface area contributed by atoms with Crippen LogP contribution in [0.25, 0.3) is 6.08 Å². The molecule has 0 heterocycles. The molecule has 80 valence electrons. The van der Waals surface area contributed by atoms with E-state index >= 15 is 0 Å². The summed E-state index contributed by atoms with van der Waals surface area (Å²) in [6.07, 6.45) is 3.61. The van der Waals surface area contributed by atoms with Gasteiger partial charge in [-0.15, -0.1) is 0 Å². The molecule has 4 nitrogen and oxygen atoms in total. The zero-order valence-corrected chi connectivity index (χ0v) is 8.57. The molecule has 0 aliphatic carbocycles. The van der Waals surface area contributed by atoms with E-state index in [-0.39, 0.29) is 0 Å². The smallest absolute Gasteiger partial charge is 0.337 e. The Bertz CT molecular complexity index is 386. The largest absolute Gasteiger partial charge is 0.465 e. The Morgan fingerprint density at radius 1 is 1.53 bits per heavy atom. The Kier molecular flexibility index (Phi) is 3.88. The fourth-order valence-electron chi connectivity index (χ4n) is 1.17. The number of nitrogen functional groups attached to an aromatic ring is 1. The standard InChI is InChI=1S/C11H14N2O2/c1-15-11(14)9-5-4-8(3-2-6-12)10(13)7-9/h2-5,7H,6,12-13H2,1H3. The van der Waals surface area contributed by atoms with Crippen molar-refractivity contribution < 1.29 is 9.53 Å². The van der Waals surface area contributed by atoms with E-state index in [0.29, 0.717) is 17.8 Å². The highest BCUT2D eigenvalue weighted by atomic mass is 16.5. The lowest BCUT2D eigenvalue weighted by Gasteiger charge is -2.03. The van der Waals surface area contributed by atoms with Crippen molar-refractivity contribution in [2.45, 2.75) is 0 Å². The molecule has 1 aromatic rings. The summed E-state index contributed by atoms with van der Waals surface area (Å²) in [5.41, 5.74) is 12.9. The molecule has 4 N–H and O–H groups in total. The van der Waals surface area contributed by atoms with Crippen LogP contribution in [0.4, 0.5) is 5.69 Å². The molecule has 0 aliphatic rings. The fourth-order valence-corrected chi connectivity index (χ4v) is 1.17. The average molecular weight is 206 g/mol. The molecule has 0 aromatic heterocycles. The van der Waals surface area contributed by atoms with Crippen LogP contribution in [-0.4, -0.2) is 19.6 Å². The van der Waals surface area contributed by atoms with Gasteiger partial charge >= 0.3 is 5.97 Å². The van der Waals surface area contributed by atoms with E-state index in [9.17, 15) is 4.79 Å². The summed E-state index contributed by atoms with van der Waals surface area (Å²) in [6, 6.07) is 5.01. The second-order valence-corrected chi connectivity index (χ2v) is 2.97. The zero-order chi connectivity index (χ0) is 11.3. The Hall–Kier alpha value is -1.81. The van der Waals surface area contributed by atoms with Crippen LogP contribution in [-0.2, 0) is 4.74 Å². The topological polar surface area (TPSA) is 78.3 Å². The molecule has 0 saturated carbocycles. The summed E-state index contributed by atoms with van der Waals surface area (Å²) >= 11 is 0. The minimum atomic E-state index is -0.393. The first-order valence-corrected chi connectivity index (χ1v) is 4.53. The predicted octanol–water partition coefficient (Wildman–Crippen LogP) is 1.03. The number of ether oxygens (including phenoxy) is 1. The predicted molar refractivity (Wildman–Crippen MR) is 60.3 cm³/mol. The van der Waals surface area contributed by atoms with E-state index in [1.807, 2.05) is 6.08 Å². The van der Waals surface area contributed by atoms with Crippen molar-refractivity contribution >= 4 is 17.7 Å². The van der Waals surface area contributed by atoms with Gasteiger partial charge in [0.1, 0.15) is 0 Å². The molecule has 1 rings (SSSR count). The van der Waals surface area contributed by atoms with E-state index in [2.05, 4.69) is 4.74 Å². The lowest BCUT2D eigenvalue weighted by molar-refractivity contribution is 0.0601. The zero-order valence-electron chi connectivity index (χ0n) is 8.57. The lowest BCUT2D eigenvalue weighted by Crippen LogP contribution is -2.02. The first kappa shape index (κ1) is 11.3. The Balaban J connectivity index is 2.98. The molecule has 0 radical (unpaired) electrons. The normalized spacial score (nSPS) is 10.5. The molecular formula is C11H14N2O2. The quantitative estimate of drug-likeness (QED) is 0.572. The molecule has 4 heteroatoms. The SMILES string of the molecule is COC(=O)c1ccc(C=CCN)c(N)c1. The van der Waals surface area contributed by atoms with Gasteiger partial charge in [0.25, 0.3) is 0 Å². The Labute approximate surface area is 88.5 Å². The fraction of sp³-hybridized carbons (Fsp3) is 0.182. The van der Waals surface area contributed by atoms with E-state index in [4.69, 9.17) is 11.5 Å². The van der Waals surface area contributed by atoms with E-state index in [0.717, 1.165) is 5.56 Å². The summed E-state index contributed by atoms with van der Waals surface area (Å²) in [5.74, 6) is -0.393. The molecule has 0 spiro atoms. The highest BCUT2D eigenvalue weighted by Crippen LogP contribution is 2.16. The Morgan fingerprint density at radius 2 is 2.27 bits per heavy atom. The number of anilines is 1. The minimum absolute atomic E-state index is 0.393. The molecule has 0 aliphatic heterocycles. The molecule has 0 bridgehead atoms. The van der Waals surface area contributed by atoms with Crippen molar-refractivity contribution in [3.05, 3.63) is 35.4 Å². The van der Waals surface area contributed by atoms with Crippen LogP contribution in [0.15, 0.2) is 24.3 Å². The molecule has 0 unspecified atom stereocenters. The first-order chi connectivity index (χ1) is 7.19. The maximum absolute atomic E-state index is 11.2. The maximum atomic E-state index is 11.2. The molecule has 0 amide bonds. The van der Waals surface area contributed by atoms with Gasteiger partial charge in [-0.2, -0.15) is 0 Å². The van der Waals surface area contributed by atoms with Gasteiger partial charge in [0.2, 0.25) is 0 Å². The second-order valence-electron chi connectivity index (χ2n) is 2.97. The summed E-state index contributed by atoms with van der Waals surface area (Å²) in [5, 5.41) is 0. The third-order valence-corrected chi connectivity index (χ3v) is 1.94. The van der Waals surface area contributed by atoms with Gasteiger partial charge in [0.15, 0.2) is 0 Å². The van der Waals surface area contributed by atoms with Crippen molar-refractivity contribution in [3.8, 4) is 0 Å². The summed E-state index contributed by atoms with van der Waals surface area (Å²) in [6.45, 7) is 0.457. The highest BCUT2D eigenvalue weighted by molar-refractivity contribution is 5.91. The molecular weight excluding hydrogens is 192 g/mol. The van der Waals surface area contributed by atoms with Crippen molar-refractivity contribution in [2.75, 3.05) is 19.4 Å². The molecule has 0 atom stereocenters. The summed E-state index contributed by atoms with van der Waals surface area (Å²) < 4.78 is 4.58. The first-order valence-electron chi connectivity index (χ1n) is 4.53. The minimum Gasteiger partial charge on any atom is -0.465 e. The summed E-state index contributed by atoms with van der Waals surface area (Å²) in [7, 11) is 1.33. The number of methoxy groups -OCH3 is 1. The molecule has 1 aromatic carbocycles. The van der Waals surface area contributed by atoms with Crippen LogP contribution in [0.3, 0.4) is 0 Å². The van der Waals surface area contributed by atoms with Crippen LogP contribution in [0.1, 0.15) is 15.9 Å². The Morgan fingerprint density at radius 3 is 2.80 bits per heavy atom. The van der Waals surface area contributed by atoms with Gasteiger partial charge in [-0.05, 0) is 17.7 Å². The maximum Gasteiger partial charge on any atom is 0.337 e. The van der Waals surface area contributed by atoms with Crippen molar-refractivity contribution in [3.63, 3.8) is 0 Å². The van der Waals surface area contributed by atoms with Crippen LogP contribution in [0, 0.1) is 0 Å². The molecule has 15 heavy (non-hydrogen) atoms. The number of hydrogen-bond acceptors (Lipinski definition) is 4. The van der Waals surface area contributed by atoms with Gasteiger partial charge in [0.05, 0.1) is 12.7 Å². The van der Waals surface area contributed by atoms with E-state index in [1.54, 1.807) is 24.3 Å². The third kappa shape index (κ3) is 2.82. The summed E-state index contributed by atoms with van der Waals surface area (Å²) in [4.78, 5) is 11.2. The number of hydrogen-bond donors (Lipinski definition) is 2. The highest BCUT2D eigenvalue weighted by Gasteiger charge is 2.06. The van der Waals surface area contributed by atoms with Gasteiger partial charge in [-0.1, -0.05) is 18.2 Å². The monoisotopic (exact) mass is 206 g/mol. The average Bonchev–Trinajstić information content (AvgIpc) is 2.26. The van der Waals surface area contributed by atoms with Crippen LogP contribution in [0.2, 0.25) is 0 Å². The number of carbonyl (C=O) groups is 1. The van der Waals surface area contributed by atoms with Crippen molar-refractivity contribution in [1.82, 2.24) is 0 Å². The van der Waals surface area contributed by atoms with Crippen LogP contribution in [0.5, 0.6) is 0 Å². The van der Waals surface area contributed by atoms with Gasteiger partial charge in [-0.3, -0.25) is 0 Å². The number of carbonyl (C=O) groups excluding carboxylic acids is 1. The van der Waals surface area contributed by atoms with Crippen LogP contribution < -0.4 is 11.5 Å². The van der Waals surface area contributed by atoms with Crippen LogP contribution >= 0.6 is 0 Å². The number of benzene rings is 1. The molecule has 0 saturated heterocycles. The number of nitrogens with two attached hydrogens (primary N) is 2. The lowest BCUT2D eigenvalue weighted by atomic mass is 10.1. The second kappa shape index (κ2) is 5.17. The van der Waals surface area contributed by atoms with E-state index in [1.165, 1.54) is 7.11 Å². The third-order valence-electron chi connectivity index (χ3n) is 1.94. The van der Waals surface area contributed by atoms with Gasteiger partial charge in [-0.25, -0.2) is 4.79 Å². The van der Waals surface area contributed by atoms with Gasteiger partial charge < -0.3 is 16.2 Å². The van der Waals surface area contributed by atoms with Gasteiger partial charge in [0, 0.05) is 12.2 Å². The van der Waals surface area contributed by atoms with Crippen molar-refractivity contribution in [1.29, 1.82) is 0 Å². The van der Waals surface area contributed by atoms with E-state index < -0.39 is 5.97 Å². The van der Waals surface area contributed by atoms with Crippen molar-refractivity contribution in [2.24, 2.45) is 5.73 Å². The number of esters is 1.